The second-order valence-electron chi connectivity index (χ2n) is 10.1. The number of pyridine rings is 1. The van der Waals surface area contributed by atoms with Gasteiger partial charge >= 0.3 is 6.03 Å². The highest BCUT2D eigenvalue weighted by molar-refractivity contribution is 5.97. The molecule has 8 heteroatoms. The topological polar surface area (TPSA) is 95.0 Å². The fourth-order valence-electron chi connectivity index (χ4n) is 5.14. The molecule has 0 bridgehead atoms. The minimum atomic E-state index is -0.344. The van der Waals surface area contributed by atoms with Gasteiger partial charge in [-0.2, -0.15) is 0 Å². The lowest BCUT2D eigenvalue weighted by atomic mass is 9.99. The molecule has 3 amide bonds. The third-order valence-electron chi connectivity index (χ3n) is 7.42. The first-order chi connectivity index (χ1) is 16.4. The maximum Gasteiger partial charge on any atom is 0.317 e. The molecule has 0 saturated heterocycles. The summed E-state index contributed by atoms with van der Waals surface area (Å²) in [7, 11) is 1.78. The molecule has 0 spiro atoms. The third-order valence-corrected chi connectivity index (χ3v) is 7.42. The Balaban J connectivity index is 1.58. The minimum absolute atomic E-state index is 0.0631. The number of urea groups is 1. The number of aromatic nitrogens is 1. The van der Waals surface area contributed by atoms with Crippen molar-refractivity contribution in [1.82, 2.24) is 20.1 Å². The van der Waals surface area contributed by atoms with E-state index in [1.807, 2.05) is 19.9 Å². The van der Waals surface area contributed by atoms with Crippen molar-refractivity contribution in [3.63, 3.8) is 0 Å². The summed E-state index contributed by atoms with van der Waals surface area (Å²) in [5.41, 5.74) is 2.57. The fourth-order valence-corrected chi connectivity index (χ4v) is 5.14. The summed E-state index contributed by atoms with van der Waals surface area (Å²) in [6.07, 6.45) is 11.1. The molecule has 34 heavy (non-hydrogen) atoms. The maximum absolute atomic E-state index is 13.5. The van der Waals surface area contributed by atoms with Gasteiger partial charge in [0, 0.05) is 31.7 Å². The summed E-state index contributed by atoms with van der Waals surface area (Å²) in [5, 5.41) is 13.0. The number of nitrogens with one attached hydrogen (secondary N) is 1. The van der Waals surface area contributed by atoms with E-state index in [0.29, 0.717) is 24.5 Å². The van der Waals surface area contributed by atoms with Crippen LogP contribution in [0, 0.1) is 5.92 Å². The maximum atomic E-state index is 13.5. The largest absolute Gasteiger partial charge is 0.472 e. The predicted octanol–water partition coefficient (Wildman–Crippen LogP) is 3.45. The lowest BCUT2D eigenvalue weighted by molar-refractivity contribution is 0.0351. The first-order valence-corrected chi connectivity index (χ1v) is 12.7. The highest BCUT2D eigenvalue weighted by atomic mass is 16.5. The third kappa shape index (κ3) is 5.37. The van der Waals surface area contributed by atoms with Crippen LogP contribution in [0.15, 0.2) is 18.3 Å². The molecular weight excluding hydrogens is 432 g/mol. The number of rotatable bonds is 6. The zero-order valence-corrected chi connectivity index (χ0v) is 20.6. The molecule has 186 valence electrons. The summed E-state index contributed by atoms with van der Waals surface area (Å²) in [6.45, 7) is 4.54. The quantitative estimate of drug-likeness (QED) is 0.664. The normalized spacial score (nSPS) is 24.1. The van der Waals surface area contributed by atoms with E-state index in [1.165, 1.54) is 5.57 Å². The van der Waals surface area contributed by atoms with E-state index >= 15 is 0 Å². The van der Waals surface area contributed by atoms with Crippen LogP contribution in [0.3, 0.4) is 0 Å². The van der Waals surface area contributed by atoms with Gasteiger partial charge in [0.05, 0.1) is 19.2 Å². The number of amides is 3. The van der Waals surface area contributed by atoms with Crippen LogP contribution in [-0.2, 0) is 0 Å². The first-order valence-electron chi connectivity index (χ1n) is 12.7. The second-order valence-corrected chi connectivity index (χ2v) is 10.1. The Labute approximate surface area is 202 Å². The molecule has 1 aromatic heterocycles. The Bertz CT molecular complexity index is 927. The van der Waals surface area contributed by atoms with Gasteiger partial charge in [0.15, 0.2) is 0 Å². The molecule has 3 atom stereocenters. The molecule has 0 aromatic carbocycles. The molecule has 0 radical (unpaired) electrons. The molecule has 1 aromatic rings. The molecule has 8 nitrogen and oxygen atoms in total. The van der Waals surface area contributed by atoms with E-state index in [-0.39, 0.29) is 42.7 Å². The number of likely N-dealkylation sites (N-methyl/N-ethyl adjacent to an activating group) is 1. The number of fused-ring (bicyclic) bond motifs is 1. The number of aliphatic hydroxyl groups is 1. The zero-order chi connectivity index (χ0) is 24.2. The molecule has 1 saturated carbocycles. The van der Waals surface area contributed by atoms with Crippen molar-refractivity contribution in [3.8, 4) is 5.88 Å². The molecule has 2 N–H and O–H groups in total. The van der Waals surface area contributed by atoms with Gasteiger partial charge in [-0.1, -0.05) is 25.8 Å². The van der Waals surface area contributed by atoms with Crippen LogP contribution in [0.25, 0.3) is 5.57 Å². The zero-order valence-electron chi connectivity index (χ0n) is 20.6. The number of allylic oxidation sites excluding steroid dienone is 2. The van der Waals surface area contributed by atoms with E-state index in [9.17, 15) is 14.7 Å². The van der Waals surface area contributed by atoms with Crippen molar-refractivity contribution in [1.29, 1.82) is 0 Å². The number of nitrogens with zero attached hydrogens (tertiary/aromatic N) is 3. The highest BCUT2D eigenvalue weighted by Gasteiger charge is 2.35. The van der Waals surface area contributed by atoms with Crippen LogP contribution in [0.4, 0.5) is 4.79 Å². The Kier molecular flexibility index (Phi) is 7.76. The van der Waals surface area contributed by atoms with E-state index in [4.69, 9.17) is 4.74 Å². The number of carbonyl (C=O) groups is 2. The molecule has 3 aliphatic rings. The monoisotopic (exact) mass is 470 g/mol. The lowest BCUT2D eigenvalue weighted by Gasteiger charge is -2.37. The Hall–Kier alpha value is -2.61. The van der Waals surface area contributed by atoms with Gasteiger partial charge in [-0.25, -0.2) is 9.78 Å². The van der Waals surface area contributed by atoms with Crippen LogP contribution in [0.2, 0.25) is 0 Å². The molecule has 2 heterocycles. The van der Waals surface area contributed by atoms with Crippen molar-refractivity contribution in [2.45, 2.75) is 77.0 Å². The number of aliphatic hydroxyl groups excluding tert-OH is 1. The van der Waals surface area contributed by atoms with E-state index in [0.717, 1.165) is 50.5 Å². The second kappa shape index (κ2) is 10.8. The average Bonchev–Trinajstić information content (AvgIpc) is 3.55. The Morgan fingerprint density at radius 2 is 2.12 bits per heavy atom. The van der Waals surface area contributed by atoms with E-state index < -0.39 is 0 Å². The standard InChI is InChI=1S/C26H38N4O4/c1-17-14-30(18(2)16-31)25(32)22-12-20(19-8-4-5-9-19)13-27-24(22)34-23(17)15-29(3)26(33)28-21-10-6-7-11-21/h8,12-13,17-18,21,23,31H,4-7,9-11,14-16H2,1-3H3,(H,28,33)/t17-,18-,23-/m0/s1. The van der Waals surface area contributed by atoms with Crippen molar-refractivity contribution in [2.75, 3.05) is 26.7 Å². The van der Waals surface area contributed by atoms with Crippen molar-refractivity contribution < 1.29 is 19.4 Å². The van der Waals surface area contributed by atoms with Crippen LogP contribution >= 0.6 is 0 Å². The van der Waals surface area contributed by atoms with E-state index in [1.54, 1.807) is 23.0 Å². The lowest BCUT2D eigenvalue weighted by Crippen LogP contribution is -2.52. The average molecular weight is 471 g/mol. The van der Waals surface area contributed by atoms with Crippen molar-refractivity contribution in [3.05, 3.63) is 29.5 Å². The van der Waals surface area contributed by atoms with E-state index in [2.05, 4.69) is 16.4 Å². The van der Waals surface area contributed by atoms with Gasteiger partial charge in [-0.15, -0.1) is 0 Å². The number of hydrogen-bond donors (Lipinski definition) is 2. The van der Waals surface area contributed by atoms with Gasteiger partial charge in [0.25, 0.3) is 5.91 Å². The Morgan fingerprint density at radius 3 is 2.79 bits per heavy atom. The van der Waals surface area contributed by atoms with Gasteiger partial charge < -0.3 is 25.0 Å². The summed E-state index contributed by atoms with van der Waals surface area (Å²) in [6, 6.07) is 1.69. The van der Waals surface area contributed by atoms with Crippen LogP contribution in [0.5, 0.6) is 5.88 Å². The van der Waals surface area contributed by atoms with Gasteiger partial charge in [-0.3, -0.25) is 4.79 Å². The van der Waals surface area contributed by atoms with Crippen LogP contribution in [0.1, 0.15) is 74.7 Å². The molecule has 1 aliphatic heterocycles. The molecule has 1 fully saturated rings. The molecule has 0 unspecified atom stereocenters. The van der Waals surface area contributed by atoms with Gasteiger partial charge in [0.1, 0.15) is 11.7 Å². The number of carbonyl (C=O) groups excluding carboxylic acids is 2. The SMILES string of the molecule is C[C@H]1CN([C@@H](C)CO)C(=O)c2cc(C3=CCCC3)cnc2O[C@H]1CN(C)C(=O)NC1CCCC1. The Morgan fingerprint density at radius 1 is 1.35 bits per heavy atom. The molecule has 4 rings (SSSR count). The molecular formula is C26H38N4O4. The predicted molar refractivity (Wildman–Crippen MR) is 131 cm³/mol. The van der Waals surface area contributed by atoms with Gasteiger partial charge in [0.2, 0.25) is 5.88 Å². The summed E-state index contributed by atoms with van der Waals surface area (Å²) < 4.78 is 6.33. The molecule has 2 aliphatic carbocycles. The number of ether oxygens (including phenoxy) is 1. The van der Waals surface area contributed by atoms with Crippen LogP contribution in [-0.4, -0.2) is 76.8 Å². The van der Waals surface area contributed by atoms with Crippen LogP contribution < -0.4 is 10.1 Å². The van der Waals surface area contributed by atoms with Gasteiger partial charge in [-0.05, 0) is 56.2 Å². The first kappa shape index (κ1) is 24.5. The minimum Gasteiger partial charge on any atom is -0.472 e. The number of hydrogen-bond acceptors (Lipinski definition) is 5. The summed E-state index contributed by atoms with van der Waals surface area (Å²) in [5.74, 6) is 0.0533. The summed E-state index contributed by atoms with van der Waals surface area (Å²) in [4.78, 5) is 34.3. The summed E-state index contributed by atoms with van der Waals surface area (Å²) >= 11 is 0. The fraction of sp³-hybridized carbons (Fsp3) is 0.654. The highest BCUT2D eigenvalue weighted by Crippen LogP contribution is 2.32. The van der Waals surface area contributed by atoms with Crippen molar-refractivity contribution in [2.24, 2.45) is 5.92 Å². The smallest absolute Gasteiger partial charge is 0.317 e. The van der Waals surface area contributed by atoms with Crippen molar-refractivity contribution >= 4 is 17.5 Å².